The summed E-state index contributed by atoms with van der Waals surface area (Å²) in [6, 6.07) is 1.55. The smallest absolute Gasteiger partial charge is 0.341 e. The van der Waals surface area contributed by atoms with E-state index in [1.54, 1.807) is 6.07 Å². The number of thiophene rings is 1. The van der Waals surface area contributed by atoms with Gasteiger partial charge in [0.25, 0.3) is 0 Å². The Bertz CT molecular complexity index is 323. The molecule has 0 aliphatic rings. The maximum Gasteiger partial charge on any atom is 0.341 e. The van der Waals surface area contributed by atoms with Gasteiger partial charge in [-0.3, -0.25) is 0 Å². The fraction of sp³-hybridized carbons (Fsp3) is 0.444. The van der Waals surface area contributed by atoms with Crippen LogP contribution in [0.5, 0.6) is 0 Å². The molecule has 0 saturated carbocycles. The third kappa shape index (κ3) is 2.63. The lowest BCUT2D eigenvalue weighted by Crippen LogP contribution is -2.07. The molecule has 4 N–H and O–H groups in total. The maximum absolute atomic E-state index is 11.4. The van der Waals surface area contributed by atoms with Crippen LogP contribution in [0.15, 0.2) is 6.07 Å². The molecule has 0 radical (unpaired) electrons. The Morgan fingerprint density at radius 1 is 1.57 bits per heavy atom. The summed E-state index contributed by atoms with van der Waals surface area (Å²) in [7, 11) is 0. The highest BCUT2D eigenvalue weighted by atomic mass is 32.1. The Kier molecular flexibility index (Phi) is 3.76. The van der Waals surface area contributed by atoms with E-state index in [-0.39, 0.29) is 5.97 Å². The number of esters is 1. The Labute approximate surface area is 86.9 Å². The van der Waals surface area contributed by atoms with Crippen LogP contribution < -0.4 is 11.5 Å². The van der Waals surface area contributed by atoms with Crippen molar-refractivity contribution in [2.45, 2.75) is 19.8 Å². The average Bonchev–Trinajstić information content (AvgIpc) is 2.45. The second-order valence-electron chi connectivity index (χ2n) is 2.92. The minimum atomic E-state index is -0.385. The molecule has 0 fully saturated rings. The Hall–Kier alpha value is -1.23. The van der Waals surface area contributed by atoms with Crippen molar-refractivity contribution >= 4 is 27.3 Å². The maximum atomic E-state index is 11.4. The van der Waals surface area contributed by atoms with Crippen molar-refractivity contribution in [1.29, 1.82) is 0 Å². The van der Waals surface area contributed by atoms with Crippen molar-refractivity contribution in [2.24, 2.45) is 0 Å². The molecule has 0 unspecified atom stereocenters. The Balaban J connectivity index is 2.56. The van der Waals surface area contributed by atoms with Crippen molar-refractivity contribution in [3.05, 3.63) is 11.6 Å². The summed E-state index contributed by atoms with van der Waals surface area (Å²) in [5.74, 6) is -0.385. The van der Waals surface area contributed by atoms with Gasteiger partial charge in [0.05, 0.1) is 17.2 Å². The van der Waals surface area contributed by atoms with Crippen LogP contribution in [-0.4, -0.2) is 12.6 Å². The highest BCUT2D eigenvalue weighted by molar-refractivity contribution is 7.20. The SMILES string of the molecule is CCCCOC(=O)c1cc(N)sc1N. The lowest BCUT2D eigenvalue weighted by Gasteiger charge is -2.01. The second-order valence-corrected chi connectivity index (χ2v) is 4.03. The van der Waals surface area contributed by atoms with Crippen LogP contribution >= 0.6 is 11.3 Å². The molecule has 5 heteroatoms. The van der Waals surface area contributed by atoms with Crippen molar-refractivity contribution in [1.82, 2.24) is 0 Å². The van der Waals surface area contributed by atoms with Gasteiger partial charge in [-0.15, -0.1) is 11.3 Å². The number of carbonyl (C=O) groups is 1. The summed E-state index contributed by atoms with van der Waals surface area (Å²) < 4.78 is 4.99. The number of hydrogen-bond acceptors (Lipinski definition) is 5. The molecule has 78 valence electrons. The van der Waals surface area contributed by atoms with Gasteiger partial charge in [0, 0.05) is 0 Å². The summed E-state index contributed by atoms with van der Waals surface area (Å²) in [6.07, 6.45) is 1.86. The van der Waals surface area contributed by atoms with Crippen LogP contribution in [-0.2, 0) is 4.74 Å². The van der Waals surface area contributed by atoms with E-state index in [2.05, 4.69) is 0 Å². The number of anilines is 2. The van der Waals surface area contributed by atoms with E-state index in [1.165, 1.54) is 11.3 Å². The van der Waals surface area contributed by atoms with Crippen molar-refractivity contribution in [3.63, 3.8) is 0 Å². The number of ether oxygens (including phenoxy) is 1. The molecule has 0 saturated heterocycles. The van der Waals surface area contributed by atoms with Crippen LogP contribution in [0.25, 0.3) is 0 Å². The molecular weight excluding hydrogens is 200 g/mol. The van der Waals surface area contributed by atoms with Crippen LogP contribution in [0, 0.1) is 0 Å². The molecule has 0 amide bonds. The number of unbranched alkanes of at least 4 members (excludes halogenated alkanes) is 1. The number of rotatable bonds is 4. The molecule has 0 aromatic carbocycles. The van der Waals surface area contributed by atoms with Gasteiger partial charge in [-0.1, -0.05) is 13.3 Å². The lowest BCUT2D eigenvalue weighted by atomic mass is 10.3. The Morgan fingerprint density at radius 2 is 2.29 bits per heavy atom. The van der Waals surface area contributed by atoms with Gasteiger partial charge in [0.1, 0.15) is 5.00 Å². The zero-order valence-electron chi connectivity index (χ0n) is 8.08. The molecule has 4 nitrogen and oxygen atoms in total. The molecule has 1 rings (SSSR count). The summed E-state index contributed by atoms with van der Waals surface area (Å²) in [6.45, 7) is 2.47. The zero-order chi connectivity index (χ0) is 10.6. The highest BCUT2D eigenvalue weighted by Crippen LogP contribution is 2.27. The summed E-state index contributed by atoms with van der Waals surface area (Å²) >= 11 is 1.19. The largest absolute Gasteiger partial charge is 0.462 e. The molecule has 1 heterocycles. The van der Waals surface area contributed by atoms with Gasteiger partial charge in [0.15, 0.2) is 0 Å². The van der Waals surface area contributed by atoms with E-state index in [0.717, 1.165) is 12.8 Å². The molecule has 1 aromatic rings. The molecule has 0 aliphatic carbocycles. The molecule has 0 atom stereocenters. The second kappa shape index (κ2) is 4.85. The average molecular weight is 214 g/mol. The predicted octanol–water partition coefficient (Wildman–Crippen LogP) is 1.87. The van der Waals surface area contributed by atoms with Gasteiger partial charge in [-0.05, 0) is 12.5 Å². The summed E-state index contributed by atoms with van der Waals surface area (Å²) in [5, 5.41) is 0.953. The van der Waals surface area contributed by atoms with Gasteiger partial charge in [-0.25, -0.2) is 4.79 Å². The van der Waals surface area contributed by atoms with Crippen LogP contribution in [0.3, 0.4) is 0 Å². The topological polar surface area (TPSA) is 78.3 Å². The third-order valence-electron chi connectivity index (χ3n) is 1.73. The quantitative estimate of drug-likeness (QED) is 0.592. The normalized spacial score (nSPS) is 10.1. The van der Waals surface area contributed by atoms with Crippen LogP contribution in [0.2, 0.25) is 0 Å². The zero-order valence-corrected chi connectivity index (χ0v) is 8.89. The fourth-order valence-electron chi connectivity index (χ4n) is 0.971. The van der Waals surface area contributed by atoms with E-state index in [1.807, 2.05) is 6.92 Å². The van der Waals surface area contributed by atoms with E-state index in [4.69, 9.17) is 16.2 Å². The van der Waals surface area contributed by atoms with E-state index in [9.17, 15) is 4.79 Å². The molecule has 14 heavy (non-hydrogen) atoms. The van der Waals surface area contributed by atoms with Gasteiger partial charge < -0.3 is 16.2 Å². The minimum absolute atomic E-state index is 0.378. The fourth-order valence-corrected chi connectivity index (χ4v) is 1.65. The van der Waals surface area contributed by atoms with Gasteiger partial charge in [-0.2, -0.15) is 0 Å². The highest BCUT2D eigenvalue weighted by Gasteiger charge is 2.13. The summed E-state index contributed by atoms with van der Waals surface area (Å²) in [4.78, 5) is 11.4. The predicted molar refractivity (Wildman–Crippen MR) is 58.3 cm³/mol. The van der Waals surface area contributed by atoms with Crippen LogP contribution in [0.1, 0.15) is 30.1 Å². The summed E-state index contributed by atoms with van der Waals surface area (Å²) in [5.41, 5.74) is 11.5. The minimum Gasteiger partial charge on any atom is -0.462 e. The number of hydrogen-bond donors (Lipinski definition) is 2. The van der Waals surface area contributed by atoms with Crippen molar-refractivity contribution < 1.29 is 9.53 Å². The first-order valence-corrected chi connectivity index (χ1v) is 5.28. The van der Waals surface area contributed by atoms with Gasteiger partial charge in [0.2, 0.25) is 0 Å². The molecular formula is C9H14N2O2S. The Morgan fingerprint density at radius 3 is 2.79 bits per heavy atom. The molecule has 0 spiro atoms. The number of nitrogen functional groups attached to an aromatic ring is 2. The van der Waals surface area contributed by atoms with E-state index >= 15 is 0 Å². The first kappa shape index (κ1) is 10.8. The van der Waals surface area contributed by atoms with Crippen LogP contribution in [0.4, 0.5) is 10.0 Å². The monoisotopic (exact) mass is 214 g/mol. The lowest BCUT2D eigenvalue weighted by molar-refractivity contribution is 0.0501. The molecule has 0 bridgehead atoms. The van der Waals surface area contributed by atoms with Crippen molar-refractivity contribution in [3.8, 4) is 0 Å². The number of carbonyl (C=O) groups excluding carboxylic acids is 1. The standard InChI is InChI=1S/C9H14N2O2S/c1-2-3-4-13-9(12)6-5-7(10)14-8(6)11/h5H,2-4,10-11H2,1H3. The third-order valence-corrected chi connectivity index (χ3v) is 2.52. The molecule has 1 aromatic heterocycles. The van der Waals surface area contributed by atoms with Crippen molar-refractivity contribution in [2.75, 3.05) is 18.1 Å². The van der Waals surface area contributed by atoms with Gasteiger partial charge >= 0.3 is 5.97 Å². The first-order valence-electron chi connectivity index (χ1n) is 4.47. The van der Waals surface area contributed by atoms with E-state index < -0.39 is 0 Å². The molecule has 0 aliphatic heterocycles. The first-order chi connectivity index (χ1) is 6.65. The van der Waals surface area contributed by atoms with E-state index in [0.29, 0.717) is 22.2 Å². The number of nitrogens with two attached hydrogens (primary N) is 2.